The Morgan fingerprint density at radius 1 is 1.57 bits per heavy atom. The van der Waals surface area contributed by atoms with E-state index in [-0.39, 0.29) is 24.4 Å². The molecule has 3 heterocycles. The largest absolute Gasteiger partial charge is 0.460 e. The summed E-state index contributed by atoms with van der Waals surface area (Å²) in [7, 11) is 0. The molecule has 1 amide bonds. The van der Waals surface area contributed by atoms with Gasteiger partial charge in [-0.3, -0.25) is 9.89 Å². The van der Waals surface area contributed by atoms with Crippen LogP contribution in [0.25, 0.3) is 11.5 Å². The molecule has 1 saturated heterocycles. The Morgan fingerprint density at radius 3 is 3.05 bits per heavy atom. The Morgan fingerprint density at radius 2 is 2.38 bits per heavy atom. The van der Waals surface area contributed by atoms with Crippen molar-refractivity contribution in [3.63, 3.8) is 0 Å². The zero-order chi connectivity index (χ0) is 14.1. The molecule has 1 fully saturated rings. The third-order valence-electron chi connectivity index (χ3n) is 3.71. The van der Waals surface area contributed by atoms with Crippen LogP contribution in [-0.4, -0.2) is 40.1 Å². The molecule has 0 bridgehead atoms. The van der Waals surface area contributed by atoms with E-state index in [1.165, 1.54) is 0 Å². The predicted octanol–water partition coefficient (Wildman–Crippen LogP) is 1.96. The van der Waals surface area contributed by atoms with Gasteiger partial charge >= 0.3 is 0 Å². The number of nitrogens with two attached hydrogens (primary N) is 1. The van der Waals surface area contributed by atoms with Crippen LogP contribution in [-0.2, 0) is 0 Å². The number of nitrogens with one attached hydrogen (secondary N) is 1. The summed E-state index contributed by atoms with van der Waals surface area (Å²) in [4.78, 5) is 14.2. The van der Waals surface area contributed by atoms with Gasteiger partial charge in [-0.25, -0.2) is 0 Å². The van der Waals surface area contributed by atoms with E-state index in [1.807, 2.05) is 24.0 Å². The van der Waals surface area contributed by atoms with Gasteiger partial charge in [0, 0.05) is 25.2 Å². The molecule has 0 saturated carbocycles. The third-order valence-corrected chi connectivity index (χ3v) is 3.71. The average Bonchev–Trinajstić information content (AvgIpc) is 3.17. The SMILES string of the molecule is Cc1ccc(-c2cc(C(=O)N3CCCC3CN)n[nH]2)o1.Cl. The Labute approximate surface area is 129 Å². The van der Waals surface area contributed by atoms with Crippen molar-refractivity contribution in [3.8, 4) is 11.5 Å². The number of hydrogen-bond donors (Lipinski definition) is 2. The van der Waals surface area contributed by atoms with Gasteiger partial charge in [0.1, 0.15) is 11.5 Å². The van der Waals surface area contributed by atoms with Crippen LogP contribution in [0.3, 0.4) is 0 Å². The quantitative estimate of drug-likeness (QED) is 0.907. The van der Waals surface area contributed by atoms with Crippen molar-refractivity contribution in [1.82, 2.24) is 15.1 Å². The standard InChI is InChI=1S/C14H18N4O2.ClH/c1-9-4-5-13(20-9)11-7-12(17-16-11)14(19)18-6-2-3-10(18)8-15;/h4-5,7,10H,2-3,6,8,15H2,1H3,(H,16,17);1H. The second-order valence-electron chi connectivity index (χ2n) is 5.11. The van der Waals surface area contributed by atoms with Gasteiger partial charge in [-0.2, -0.15) is 5.10 Å². The summed E-state index contributed by atoms with van der Waals surface area (Å²) in [5.74, 6) is 1.44. The summed E-state index contributed by atoms with van der Waals surface area (Å²) in [6, 6.07) is 5.60. The van der Waals surface area contributed by atoms with Crippen molar-refractivity contribution < 1.29 is 9.21 Å². The van der Waals surface area contributed by atoms with Crippen LogP contribution in [0.4, 0.5) is 0 Å². The molecule has 1 aliphatic rings. The number of H-pyrrole nitrogens is 1. The molecule has 0 radical (unpaired) electrons. The van der Waals surface area contributed by atoms with Crippen molar-refractivity contribution in [2.45, 2.75) is 25.8 Å². The number of likely N-dealkylation sites (tertiary alicyclic amines) is 1. The first kappa shape index (κ1) is 15.6. The molecule has 1 unspecified atom stereocenters. The van der Waals surface area contributed by atoms with Crippen LogP contribution < -0.4 is 5.73 Å². The second-order valence-corrected chi connectivity index (χ2v) is 5.11. The molecular formula is C14H19ClN4O2. The molecule has 2 aromatic heterocycles. The monoisotopic (exact) mass is 310 g/mol. The maximum absolute atomic E-state index is 12.4. The molecule has 3 rings (SSSR count). The van der Waals surface area contributed by atoms with Crippen molar-refractivity contribution in [1.29, 1.82) is 0 Å². The lowest BCUT2D eigenvalue weighted by Crippen LogP contribution is -2.40. The lowest BCUT2D eigenvalue weighted by Gasteiger charge is -2.22. The maximum atomic E-state index is 12.4. The van der Waals surface area contributed by atoms with E-state index in [0.717, 1.165) is 25.1 Å². The van der Waals surface area contributed by atoms with E-state index in [1.54, 1.807) is 6.07 Å². The number of amides is 1. The minimum atomic E-state index is -0.0660. The van der Waals surface area contributed by atoms with Crippen LogP contribution >= 0.6 is 12.4 Å². The first-order chi connectivity index (χ1) is 9.69. The molecule has 2 aromatic rings. The summed E-state index contributed by atoms with van der Waals surface area (Å²) in [5.41, 5.74) is 6.83. The molecule has 114 valence electrons. The molecule has 0 spiro atoms. The fourth-order valence-electron chi connectivity index (χ4n) is 2.63. The number of carbonyl (C=O) groups excluding carboxylic acids is 1. The minimum Gasteiger partial charge on any atom is -0.460 e. The van der Waals surface area contributed by atoms with Gasteiger partial charge in [-0.15, -0.1) is 12.4 Å². The normalized spacial score (nSPS) is 17.8. The second kappa shape index (κ2) is 6.32. The molecule has 21 heavy (non-hydrogen) atoms. The van der Waals surface area contributed by atoms with Gasteiger partial charge in [0.25, 0.3) is 5.91 Å². The van der Waals surface area contributed by atoms with Gasteiger partial charge in [0.05, 0.1) is 0 Å². The van der Waals surface area contributed by atoms with Gasteiger partial charge < -0.3 is 15.1 Å². The minimum absolute atomic E-state index is 0. The van der Waals surface area contributed by atoms with E-state index in [0.29, 0.717) is 23.7 Å². The predicted molar refractivity (Wildman–Crippen MR) is 81.4 cm³/mol. The molecule has 0 aliphatic carbocycles. The van der Waals surface area contributed by atoms with Crippen LogP contribution in [0.5, 0.6) is 0 Å². The Bertz CT molecular complexity index is 622. The Hall–Kier alpha value is -1.79. The third kappa shape index (κ3) is 2.96. The zero-order valence-electron chi connectivity index (χ0n) is 11.8. The van der Waals surface area contributed by atoms with Crippen LogP contribution in [0.1, 0.15) is 29.1 Å². The smallest absolute Gasteiger partial charge is 0.274 e. The van der Waals surface area contributed by atoms with E-state index in [2.05, 4.69) is 10.2 Å². The molecule has 6 nitrogen and oxygen atoms in total. The van der Waals surface area contributed by atoms with Crippen molar-refractivity contribution >= 4 is 18.3 Å². The van der Waals surface area contributed by atoms with E-state index in [9.17, 15) is 4.79 Å². The molecule has 7 heteroatoms. The summed E-state index contributed by atoms with van der Waals surface area (Å²) >= 11 is 0. The maximum Gasteiger partial charge on any atom is 0.274 e. The fourth-order valence-corrected chi connectivity index (χ4v) is 2.63. The highest BCUT2D eigenvalue weighted by atomic mass is 35.5. The first-order valence-corrected chi connectivity index (χ1v) is 6.82. The zero-order valence-corrected chi connectivity index (χ0v) is 12.7. The lowest BCUT2D eigenvalue weighted by molar-refractivity contribution is 0.0735. The number of hydrogen-bond acceptors (Lipinski definition) is 4. The lowest BCUT2D eigenvalue weighted by atomic mass is 10.2. The van der Waals surface area contributed by atoms with Crippen LogP contribution in [0.2, 0.25) is 0 Å². The highest BCUT2D eigenvalue weighted by molar-refractivity contribution is 5.93. The van der Waals surface area contributed by atoms with Crippen LogP contribution in [0.15, 0.2) is 22.6 Å². The highest BCUT2D eigenvalue weighted by Gasteiger charge is 2.29. The number of halogens is 1. The highest BCUT2D eigenvalue weighted by Crippen LogP contribution is 2.23. The average molecular weight is 311 g/mol. The van der Waals surface area contributed by atoms with Crippen LogP contribution in [0, 0.1) is 6.92 Å². The van der Waals surface area contributed by atoms with Crippen molar-refractivity contribution in [3.05, 3.63) is 29.7 Å². The fraction of sp³-hybridized carbons (Fsp3) is 0.429. The number of aromatic nitrogens is 2. The molecule has 3 N–H and O–H groups in total. The molecular weight excluding hydrogens is 292 g/mol. The summed E-state index contributed by atoms with van der Waals surface area (Å²) in [6.07, 6.45) is 1.97. The van der Waals surface area contributed by atoms with Gasteiger partial charge in [-0.1, -0.05) is 0 Å². The summed E-state index contributed by atoms with van der Waals surface area (Å²) < 4.78 is 5.51. The first-order valence-electron chi connectivity index (χ1n) is 6.82. The van der Waals surface area contributed by atoms with Gasteiger partial charge in [0.2, 0.25) is 0 Å². The van der Waals surface area contributed by atoms with Gasteiger partial charge in [-0.05, 0) is 31.9 Å². The van der Waals surface area contributed by atoms with E-state index >= 15 is 0 Å². The van der Waals surface area contributed by atoms with Gasteiger partial charge in [0.15, 0.2) is 11.5 Å². The Kier molecular flexibility index (Phi) is 4.69. The molecule has 0 aromatic carbocycles. The molecule has 1 atom stereocenters. The summed E-state index contributed by atoms with van der Waals surface area (Å²) in [5, 5.41) is 6.95. The number of rotatable bonds is 3. The number of furan rings is 1. The van der Waals surface area contributed by atoms with Crippen molar-refractivity contribution in [2.75, 3.05) is 13.1 Å². The molecule has 1 aliphatic heterocycles. The van der Waals surface area contributed by atoms with E-state index in [4.69, 9.17) is 10.2 Å². The van der Waals surface area contributed by atoms with E-state index < -0.39 is 0 Å². The number of carbonyl (C=O) groups is 1. The van der Waals surface area contributed by atoms with Crippen molar-refractivity contribution in [2.24, 2.45) is 5.73 Å². The topological polar surface area (TPSA) is 88.1 Å². The summed E-state index contributed by atoms with van der Waals surface area (Å²) in [6.45, 7) is 3.13. The number of nitrogens with zero attached hydrogens (tertiary/aromatic N) is 2. The number of aryl methyl sites for hydroxylation is 1. The Balaban J connectivity index is 0.00000161. The number of aromatic amines is 1.